The second kappa shape index (κ2) is 6.50. The topological polar surface area (TPSA) is 46.2 Å². The molecule has 1 N–H and O–H groups in total. The summed E-state index contributed by atoms with van der Waals surface area (Å²) in [7, 11) is -3.24. The van der Waals surface area contributed by atoms with Crippen molar-refractivity contribution in [2.75, 3.05) is 11.6 Å². The molecule has 0 radical (unpaired) electrons. The smallest absolute Gasteiger partial charge is 0.177 e. The van der Waals surface area contributed by atoms with Crippen molar-refractivity contribution < 1.29 is 8.42 Å². The SMILES string of the molecule is CC(Cc1ccc(Cl)cc1)Nc1ccccc1S(C)(=O)=O. The Morgan fingerprint density at radius 2 is 1.71 bits per heavy atom. The Morgan fingerprint density at radius 1 is 1.10 bits per heavy atom. The standard InChI is InChI=1S/C16H18ClNO2S/c1-12(11-13-7-9-14(17)10-8-13)18-15-5-3-4-6-16(15)21(2,19)20/h3-10,12,18H,11H2,1-2H3. The van der Waals surface area contributed by atoms with Gasteiger partial charge in [-0.1, -0.05) is 35.9 Å². The Labute approximate surface area is 130 Å². The van der Waals surface area contributed by atoms with Crippen LogP contribution in [0.25, 0.3) is 0 Å². The maximum atomic E-state index is 11.8. The summed E-state index contributed by atoms with van der Waals surface area (Å²) < 4.78 is 23.6. The first-order valence-electron chi connectivity index (χ1n) is 6.66. The summed E-state index contributed by atoms with van der Waals surface area (Å²) in [6, 6.07) is 14.7. The zero-order chi connectivity index (χ0) is 15.5. The Morgan fingerprint density at radius 3 is 2.33 bits per heavy atom. The normalized spacial score (nSPS) is 12.9. The summed E-state index contributed by atoms with van der Waals surface area (Å²) in [5, 5.41) is 3.98. The third kappa shape index (κ3) is 4.48. The van der Waals surface area contributed by atoms with E-state index in [1.165, 1.54) is 6.26 Å². The molecule has 2 aromatic rings. The lowest BCUT2D eigenvalue weighted by molar-refractivity contribution is 0.602. The van der Waals surface area contributed by atoms with Crippen LogP contribution in [0.4, 0.5) is 5.69 Å². The molecule has 0 fully saturated rings. The van der Waals surface area contributed by atoms with Crippen LogP contribution in [-0.2, 0) is 16.3 Å². The summed E-state index contributed by atoms with van der Waals surface area (Å²) in [5.41, 5.74) is 1.79. The van der Waals surface area contributed by atoms with E-state index < -0.39 is 9.84 Å². The molecule has 0 amide bonds. The average Bonchev–Trinajstić information content (AvgIpc) is 2.41. The molecule has 0 spiro atoms. The van der Waals surface area contributed by atoms with E-state index in [2.05, 4.69) is 5.32 Å². The maximum Gasteiger partial charge on any atom is 0.177 e. The van der Waals surface area contributed by atoms with Crippen molar-refractivity contribution in [1.82, 2.24) is 0 Å². The number of sulfone groups is 1. The van der Waals surface area contributed by atoms with Gasteiger partial charge in [-0.2, -0.15) is 0 Å². The first-order valence-corrected chi connectivity index (χ1v) is 8.93. The van der Waals surface area contributed by atoms with Crippen LogP contribution < -0.4 is 5.32 Å². The van der Waals surface area contributed by atoms with Crippen molar-refractivity contribution in [3.8, 4) is 0 Å². The number of halogens is 1. The minimum atomic E-state index is -3.24. The first-order chi connectivity index (χ1) is 9.86. The van der Waals surface area contributed by atoms with Crippen LogP contribution in [0.2, 0.25) is 5.02 Å². The van der Waals surface area contributed by atoms with Gasteiger partial charge in [0.25, 0.3) is 0 Å². The number of hydrogen-bond donors (Lipinski definition) is 1. The molecule has 2 aromatic carbocycles. The molecule has 0 aliphatic carbocycles. The number of benzene rings is 2. The highest BCUT2D eigenvalue weighted by molar-refractivity contribution is 7.90. The molecule has 0 aliphatic rings. The van der Waals surface area contributed by atoms with E-state index in [0.717, 1.165) is 12.0 Å². The molecule has 21 heavy (non-hydrogen) atoms. The van der Waals surface area contributed by atoms with Crippen LogP contribution in [0.3, 0.4) is 0 Å². The molecule has 0 saturated heterocycles. The van der Waals surface area contributed by atoms with Gasteiger partial charge in [-0.3, -0.25) is 0 Å². The third-order valence-electron chi connectivity index (χ3n) is 3.14. The molecule has 112 valence electrons. The maximum absolute atomic E-state index is 11.8. The molecule has 0 bridgehead atoms. The van der Waals surface area contributed by atoms with Gasteiger partial charge in [0.15, 0.2) is 9.84 Å². The van der Waals surface area contributed by atoms with Gasteiger partial charge in [-0.25, -0.2) is 8.42 Å². The van der Waals surface area contributed by atoms with Crippen LogP contribution in [0, 0.1) is 0 Å². The molecule has 1 atom stereocenters. The zero-order valence-electron chi connectivity index (χ0n) is 12.0. The summed E-state index contributed by atoms with van der Waals surface area (Å²) in [4.78, 5) is 0.327. The molecule has 2 rings (SSSR count). The van der Waals surface area contributed by atoms with E-state index in [1.54, 1.807) is 18.2 Å². The Hall–Kier alpha value is -1.52. The molecular weight excluding hydrogens is 306 g/mol. The van der Waals surface area contributed by atoms with Gasteiger partial charge in [-0.15, -0.1) is 0 Å². The van der Waals surface area contributed by atoms with Gasteiger partial charge >= 0.3 is 0 Å². The Bertz CT molecular complexity index is 711. The van der Waals surface area contributed by atoms with Crippen molar-refractivity contribution in [3.63, 3.8) is 0 Å². The lowest BCUT2D eigenvalue weighted by atomic mass is 10.1. The van der Waals surface area contributed by atoms with Gasteiger partial charge < -0.3 is 5.32 Å². The van der Waals surface area contributed by atoms with Crippen LogP contribution in [0.1, 0.15) is 12.5 Å². The first kappa shape index (κ1) is 15.9. The van der Waals surface area contributed by atoms with Crippen molar-refractivity contribution in [2.45, 2.75) is 24.3 Å². The van der Waals surface area contributed by atoms with E-state index in [0.29, 0.717) is 15.6 Å². The van der Waals surface area contributed by atoms with Crippen molar-refractivity contribution in [3.05, 3.63) is 59.1 Å². The van der Waals surface area contributed by atoms with Crippen molar-refractivity contribution >= 4 is 27.1 Å². The zero-order valence-corrected chi connectivity index (χ0v) is 13.6. The summed E-state index contributed by atoms with van der Waals surface area (Å²) in [5.74, 6) is 0. The fourth-order valence-electron chi connectivity index (χ4n) is 2.20. The monoisotopic (exact) mass is 323 g/mol. The lowest BCUT2D eigenvalue weighted by Crippen LogP contribution is -2.19. The fraction of sp³-hybridized carbons (Fsp3) is 0.250. The summed E-state index contributed by atoms with van der Waals surface area (Å²) in [6.07, 6.45) is 2.01. The quantitative estimate of drug-likeness (QED) is 0.910. The summed E-state index contributed by atoms with van der Waals surface area (Å²) in [6.45, 7) is 2.02. The second-order valence-electron chi connectivity index (χ2n) is 5.14. The molecule has 3 nitrogen and oxygen atoms in total. The van der Waals surface area contributed by atoms with Crippen LogP contribution in [0.5, 0.6) is 0 Å². The molecule has 1 unspecified atom stereocenters. The third-order valence-corrected chi connectivity index (χ3v) is 4.55. The second-order valence-corrected chi connectivity index (χ2v) is 7.56. The predicted molar refractivity (Wildman–Crippen MR) is 87.8 cm³/mol. The van der Waals surface area contributed by atoms with Crippen LogP contribution >= 0.6 is 11.6 Å². The number of hydrogen-bond acceptors (Lipinski definition) is 3. The average molecular weight is 324 g/mol. The number of para-hydroxylation sites is 1. The minimum Gasteiger partial charge on any atom is -0.381 e. The van der Waals surface area contributed by atoms with Crippen molar-refractivity contribution in [2.24, 2.45) is 0 Å². The largest absolute Gasteiger partial charge is 0.381 e. The van der Waals surface area contributed by atoms with Crippen molar-refractivity contribution in [1.29, 1.82) is 0 Å². The van der Waals surface area contributed by atoms with E-state index in [9.17, 15) is 8.42 Å². The molecule has 0 heterocycles. The molecule has 0 aliphatic heterocycles. The van der Waals surface area contributed by atoms with Gasteiger partial charge in [-0.05, 0) is 43.2 Å². The van der Waals surface area contributed by atoms with Gasteiger partial charge in [0, 0.05) is 17.3 Å². The molecule has 5 heteroatoms. The Kier molecular flexibility index (Phi) is 4.91. The van der Waals surface area contributed by atoms with Gasteiger partial charge in [0.2, 0.25) is 0 Å². The number of nitrogens with one attached hydrogen (secondary N) is 1. The molecular formula is C16H18ClNO2S. The van der Waals surface area contributed by atoms with Gasteiger partial charge in [0.05, 0.1) is 10.6 Å². The van der Waals surface area contributed by atoms with E-state index >= 15 is 0 Å². The minimum absolute atomic E-state index is 0.106. The van der Waals surface area contributed by atoms with Gasteiger partial charge in [0.1, 0.15) is 0 Å². The fourth-order valence-corrected chi connectivity index (χ4v) is 3.18. The highest BCUT2D eigenvalue weighted by Crippen LogP contribution is 2.22. The van der Waals surface area contributed by atoms with E-state index in [4.69, 9.17) is 11.6 Å². The van der Waals surface area contributed by atoms with Crippen LogP contribution in [-0.4, -0.2) is 20.7 Å². The number of anilines is 1. The van der Waals surface area contributed by atoms with Crippen LogP contribution in [0.15, 0.2) is 53.4 Å². The number of rotatable bonds is 5. The van der Waals surface area contributed by atoms with E-state index in [-0.39, 0.29) is 6.04 Å². The van der Waals surface area contributed by atoms with E-state index in [1.807, 2.05) is 37.3 Å². The molecule has 0 saturated carbocycles. The highest BCUT2D eigenvalue weighted by atomic mass is 35.5. The Balaban J connectivity index is 2.13. The molecule has 0 aromatic heterocycles. The summed E-state index contributed by atoms with van der Waals surface area (Å²) >= 11 is 5.87. The predicted octanol–water partition coefficient (Wildman–Crippen LogP) is 3.79. The lowest BCUT2D eigenvalue weighted by Gasteiger charge is -2.17. The highest BCUT2D eigenvalue weighted by Gasteiger charge is 2.14.